The summed E-state index contributed by atoms with van der Waals surface area (Å²) in [5.74, 6) is 0.383. The fourth-order valence-corrected chi connectivity index (χ4v) is 7.28. The van der Waals surface area contributed by atoms with Crippen LogP contribution in [0.15, 0.2) is 113 Å². The lowest BCUT2D eigenvalue weighted by Gasteiger charge is -2.13. The van der Waals surface area contributed by atoms with Crippen LogP contribution in [0.2, 0.25) is 0 Å². The van der Waals surface area contributed by atoms with Gasteiger partial charge in [-0.1, -0.05) is 66.7 Å². The van der Waals surface area contributed by atoms with Gasteiger partial charge in [-0.05, 0) is 53.1 Å². The van der Waals surface area contributed by atoms with E-state index in [1.54, 1.807) is 72.8 Å². The first-order valence-corrected chi connectivity index (χ1v) is 14.5. The zero-order valence-corrected chi connectivity index (χ0v) is 21.9. The summed E-state index contributed by atoms with van der Waals surface area (Å²) in [7, 11) is -6.95. The van der Waals surface area contributed by atoms with Crippen molar-refractivity contribution in [1.82, 2.24) is 8.69 Å². The second kappa shape index (κ2) is 9.97. The van der Waals surface area contributed by atoms with Gasteiger partial charge < -0.3 is 9.84 Å². The van der Waals surface area contributed by atoms with E-state index in [0.29, 0.717) is 16.7 Å². The van der Waals surface area contributed by atoms with Crippen LogP contribution < -0.4 is 9.46 Å². The average Bonchev–Trinajstić information content (AvgIpc) is 3.35. The fourth-order valence-electron chi connectivity index (χ4n) is 4.16. The lowest BCUT2D eigenvalue weighted by atomic mass is 10.0. The Hall–Kier alpha value is -4.12. The van der Waals surface area contributed by atoms with Crippen molar-refractivity contribution in [3.8, 4) is 22.6 Å². The van der Waals surface area contributed by atoms with Gasteiger partial charge in [0.1, 0.15) is 0 Å². The number of para-hydroxylation sites is 1. The molecule has 0 amide bonds. The minimum Gasteiger partial charge on any atom is -0.504 e. The van der Waals surface area contributed by atoms with Crippen molar-refractivity contribution in [1.29, 1.82) is 0 Å². The maximum atomic E-state index is 13.5. The molecule has 0 fully saturated rings. The second-order valence-electron chi connectivity index (χ2n) is 8.53. The van der Waals surface area contributed by atoms with Crippen molar-refractivity contribution in [2.75, 3.05) is 7.11 Å². The average molecular weight is 549 g/mol. The molecular weight excluding hydrogens is 524 g/mol. The van der Waals surface area contributed by atoms with Crippen molar-refractivity contribution in [2.45, 2.75) is 16.5 Å². The van der Waals surface area contributed by atoms with Crippen molar-refractivity contribution in [3.05, 3.63) is 109 Å². The fraction of sp³-hybridized carbons (Fsp3) is 0.0714. The topological polar surface area (TPSA) is 115 Å². The van der Waals surface area contributed by atoms with Gasteiger partial charge in [0.25, 0.3) is 20.0 Å². The zero-order chi connectivity index (χ0) is 26.9. The zero-order valence-electron chi connectivity index (χ0n) is 20.3. The van der Waals surface area contributed by atoms with Gasteiger partial charge in [0.2, 0.25) is 0 Å². The number of aromatic hydroxyl groups is 1. The monoisotopic (exact) mass is 548 g/mol. The molecule has 0 bridgehead atoms. The van der Waals surface area contributed by atoms with Gasteiger partial charge in [-0.25, -0.2) is 25.5 Å². The van der Waals surface area contributed by atoms with E-state index in [1.807, 2.05) is 12.1 Å². The number of nitrogens with zero attached hydrogens (tertiary/aromatic N) is 1. The quantitative estimate of drug-likeness (QED) is 0.290. The van der Waals surface area contributed by atoms with Crippen LogP contribution in [0.1, 0.15) is 5.56 Å². The minimum absolute atomic E-state index is 0.0146. The summed E-state index contributed by atoms with van der Waals surface area (Å²) in [6.45, 7) is -0.0472. The molecule has 0 saturated heterocycles. The maximum absolute atomic E-state index is 13.5. The number of nitrogens with one attached hydrogen (secondary N) is 1. The number of fused-ring (bicyclic) bond motifs is 1. The molecule has 1 heterocycles. The van der Waals surface area contributed by atoms with E-state index in [9.17, 15) is 21.9 Å². The van der Waals surface area contributed by atoms with Crippen molar-refractivity contribution in [3.63, 3.8) is 0 Å². The van der Waals surface area contributed by atoms with Crippen molar-refractivity contribution >= 4 is 30.9 Å². The van der Waals surface area contributed by atoms with Crippen LogP contribution in [0.25, 0.3) is 22.0 Å². The van der Waals surface area contributed by atoms with Crippen LogP contribution in [0.4, 0.5) is 0 Å². The van der Waals surface area contributed by atoms with Crippen LogP contribution in [0.5, 0.6) is 11.5 Å². The first-order chi connectivity index (χ1) is 18.2. The number of rotatable bonds is 8. The van der Waals surface area contributed by atoms with E-state index in [2.05, 4.69) is 4.72 Å². The van der Waals surface area contributed by atoms with Crippen LogP contribution in [0, 0.1) is 0 Å². The highest BCUT2D eigenvalue weighted by molar-refractivity contribution is 7.92. The predicted octanol–water partition coefficient (Wildman–Crippen LogP) is 4.74. The Kier molecular flexibility index (Phi) is 6.70. The summed E-state index contributed by atoms with van der Waals surface area (Å²) in [6, 6.07) is 27.9. The molecule has 0 saturated carbocycles. The molecule has 10 heteroatoms. The van der Waals surface area contributed by atoms with Gasteiger partial charge in [0, 0.05) is 11.9 Å². The summed E-state index contributed by atoms with van der Waals surface area (Å²) in [5.41, 5.74) is 2.62. The molecule has 0 spiro atoms. The minimum atomic E-state index is -4.23. The Labute approximate surface area is 220 Å². The lowest BCUT2D eigenvalue weighted by Crippen LogP contribution is -2.27. The van der Waals surface area contributed by atoms with E-state index < -0.39 is 20.0 Å². The summed E-state index contributed by atoms with van der Waals surface area (Å²) >= 11 is 0. The molecule has 0 radical (unpaired) electrons. The first kappa shape index (κ1) is 25.5. The molecule has 0 unspecified atom stereocenters. The number of hydrogen-bond donors (Lipinski definition) is 2. The van der Waals surface area contributed by atoms with Crippen LogP contribution in [0.3, 0.4) is 0 Å². The molecular formula is C28H24N2O6S2. The molecule has 194 valence electrons. The third kappa shape index (κ3) is 4.76. The number of ether oxygens (including phenoxy) is 1. The maximum Gasteiger partial charge on any atom is 0.269 e. The van der Waals surface area contributed by atoms with Gasteiger partial charge in [-0.15, -0.1) is 0 Å². The van der Waals surface area contributed by atoms with Crippen LogP contribution in [-0.2, 0) is 26.6 Å². The van der Waals surface area contributed by atoms with Crippen LogP contribution in [-0.4, -0.2) is 33.0 Å². The predicted molar refractivity (Wildman–Crippen MR) is 145 cm³/mol. The molecule has 5 rings (SSSR count). The standard InChI is InChI=1S/C28H24N2O6S2/c1-36-27-17-22(15-16-26(27)31)21-13-11-20(12-14-21)19-29-37(32,33)28-18-23-7-5-6-10-25(23)30(28)38(34,35)24-8-3-2-4-9-24/h2-18,29,31H,19H2,1H3. The number of sulfonamides is 1. The Morgan fingerprint density at radius 1 is 0.789 bits per heavy atom. The molecule has 0 aliphatic heterocycles. The largest absolute Gasteiger partial charge is 0.504 e. The van der Waals surface area contributed by atoms with Crippen molar-refractivity contribution < 1.29 is 26.7 Å². The number of hydrogen-bond acceptors (Lipinski definition) is 6. The highest BCUT2D eigenvalue weighted by atomic mass is 32.2. The molecule has 2 N–H and O–H groups in total. The lowest BCUT2D eigenvalue weighted by molar-refractivity contribution is 0.373. The van der Waals surface area contributed by atoms with E-state index in [-0.39, 0.29) is 27.7 Å². The first-order valence-electron chi connectivity index (χ1n) is 11.6. The molecule has 8 nitrogen and oxygen atoms in total. The van der Waals surface area contributed by atoms with Crippen LogP contribution >= 0.6 is 0 Å². The Balaban J connectivity index is 1.45. The summed E-state index contributed by atoms with van der Waals surface area (Å²) < 4.78 is 62.5. The third-order valence-corrected chi connectivity index (χ3v) is 9.36. The summed E-state index contributed by atoms with van der Waals surface area (Å²) in [5, 5.41) is 9.94. The number of methoxy groups -OCH3 is 1. The summed E-state index contributed by atoms with van der Waals surface area (Å²) in [6.07, 6.45) is 0. The van der Waals surface area contributed by atoms with E-state index in [0.717, 1.165) is 15.1 Å². The highest BCUT2D eigenvalue weighted by Crippen LogP contribution is 2.32. The Bertz CT molecular complexity index is 1830. The summed E-state index contributed by atoms with van der Waals surface area (Å²) in [4.78, 5) is -0.0146. The van der Waals surface area contributed by atoms with E-state index >= 15 is 0 Å². The van der Waals surface area contributed by atoms with E-state index in [1.165, 1.54) is 25.3 Å². The SMILES string of the molecule is COc1cc(-c2ccc(CNS(=O)(=O)c3cc4ccccc4n3S(=O)(=O)c3ccccc3)cc2)ccc1O. The van der Waals surface area contributed by atoms with Gasteiger partial charge in [-0.3, -0.25) is 0 Å². The highest BCUT2D eigenvalue weighted by Gasteiger charge is 2.29. The van der Waals surface area contributed by atoms with Gasteiger partial charge >= 0.3 is 0 Å². The van der Waals surface area contributed by atoms with Gasteiger partial charge in [0.05, 0.1) is 17.5 Å². The van der Waals surface area contributed by atoms with Gasteiger partial charge in [-0.2, -0.15) is 0 Å². The van der Waals surface area contributed by atoms with Gasteiger partial charge in [0.15, 0.2) is 16.5 Å². The second-order valence-corrected chi connectivity index (χ2v) is 12.0. The number of benzene rings is 4. The molecule has 4 aromatic carbocycles. The smallest absolute Gasteiger partial charge is 0.269 e. The molecule has 0 aliphatic carbocycles. The molecule has 5 aromatic rings. The van der Waals surface area contributed by atoms with Crippen molar-refractivity contribution in [2.24, 2.45) is 0 Å². The third-order valence-electron chi connectivity index (χ3n) is 6.12. The Morgan fingerprint density at radius 3 is 2.16 bits per heavy atom. The normalized spacial score (nSPS) is 12.0. The molecule has 1 aromatic heterocycles. The number of aromatic nitrogens is 1. The molecule has 0 atom stereocenters. The van der Waals surface area contributed by atoms with E-state index in [4.69, 9.17) is 4.74 Å². The number of phenolic OH excluding ortho intramolecular Hbond substituents is 1. The number of phenols is 1. The molecule has 38 heavy (non-hydrogen) atoms. The Morgan fingerprint density at radius 2 is 1.45 bits per heavy atom. The molecule has 0 aliphatic rings.